The van der Waals surface area contributed by atoms with E-state index in [-0.39, 0.29) is 35.3 Å². The number of aryl methyl sites for hydroxylation is 1. The zero-order valence-corrected chi connectivity index (χ0v) is 17.7. The van der Waals surface area contributed by atoms with Gasteiger partial charge in [-0.2, -0.15) is 5.10 Å². The molecule has 0 spiro atoms. The van der Waals surface area contributed by atoms with Gasteiger partial charge in [-0.1, -0.05) is 6.92 Å². The molecule has 0 atom stereocenters. The fourth-order valence-corrected chi connectivity index (χ4v) is 2.74. The van der Waals surface area contributed by atoms with Crippen LogP contribution in [0.15, 0.2) is 47.0 Å². The first-order valence-electron chi connectivity index (χ1n) is 10.0. The molecule has 0 aliphatic heterocycles. The lowest BCUT2D eigenvalue weighted by molar-refractivity contribution is -0.384. The van der Waals surface area contributed by atoms with Crippen LogP contribution in [0.2, 0.25) is 0 Å². The minimum Gasteiger partial charge on any atom is -0.486 e. The third-order valence-electron chi connectivity index (χ3n) is 4.40. The highest BCUT2D eigenvalue weighted by Crippen LogP contribution is 2.20. The predicted octanol–water partition coefficient (Wildman–Crippen LogP) is 3.38. The smallest absolute Gasteiger partial charge is 0.291 e. The van der Waals surface area contributed by atoms with Gasteiger partial charge in [0.05, 0.1) is 10.6 Å². The van der Waals surface area contributed by atoms with E-state index >= 15 is 0 Å². The Morgan fingerprint density at radius 3 is 2.56 bits per heavy atom. The van der Waals surface area contributed by atoms with Crippen molar-refractivity contribution in [2.45, 2.75) is 33.4 Å². The number of amides is 2. The van der Waals surface area contributed by atoms with Crippen molar-refractivity contribution in [3.63, 3.8) is 0 Å². The van der Waals surface area contributed by atoms with Gasteiger partial charge in [-0.05, 0) is 37.6 Å². The Hall–Kier alpha value is -4.15. The van der Waals surface area contributed by atoms with E-state index in [0.717, 1.165) is 6.42 Å². The molecule has 1 aromatic carbocycles. The minimum absolute atomic E-state index is 0.0313. The molecule has 3 rings (SSSR count). The van der Waals surface area contributed by atoms with E-state index in [1.165, 1.54) is 30.3 Å². The van der Waals surface area contributed by atoms with E-state index in [1.54, 1.807) is 16.9 Å². The van der Waals surface area contributed by atoms with Gasteiger partial charge in [0.2, 0.25) is 0 Å². The van der Waals surface area contributed by atoms with Gasteiger partial charge in [-0.15, -0.1) is 0 Å². The van der Waals surface area contributed by atoms with Gasteiger partial charge >= 0.3 is 0 Å². The number of nitro benzene ring substituents is 1. The molecule has 0 saturated heterocycles. The van der Waals surface area contributed by atoms with Gasteiger partial charge in [0.1, 0.15) is 18.1 Å². The first-order chi connectivity index (χ1) is 15.4. The normalized spacial score (nSPS) is 10.6. The van der Waals surface area contributed by atoms with Crippen LogP contribution < -0.4 is 15.4 Å². The van der Waals surface area contributed by atoms with E-state index in [1.807, 2.05) is 13.8 Å². The molecule has 3 aromatic rings. The number of aromatic nitrogens is 2. The Labute approximate surface area is 183 Å². The second-order valence-corrected chi connectivity index (χ2v) is 6.76. The molecule has 2 aromatic heterocycles. The summed E-state index contributed by atoms with van der Waals surface area (Å²) < 4.78 is 12.6. The minimum atomic E-state index is -0.535. The van der Waals surface area contributed by atoms with Gasteiger partial charge in [0.25, 0.3) is 17.5 Å². The Balaban J connectivity index is 1.64. The number of nitro groups is 1. The molecule has 0 radical (unpaired) electrons. The number of carbonyl (C=O) groups excluding carboxylic acids is 2. The second-order valence-electron chi connectivity index (χ2n) is 6.76. The highest BCUT2D eigenvalue weighted by molar-refractivity contribution is 6.07. The molecule has 2 heterocycles. The third kappa shape index (κ3) is 5.50. The largest absolute Gasteiger partial charge is 0.486 e. The maximum Gasteiger partial charge on any atom is 0.291 e. The average Bonchev–Trinajstić information content (AvgIpc) is 3.43. The molecule has 0 aliphatic rings. The van der Waals surface area contributed by atoms with Gasteiger partial charge in [0, 0.05) is 31.4 Å². The van der Waals surface area contributed by atoms with Crippen molar-refractivity contribution >= 4 is 23.2 Å². The van der Waals surface area contributed by atoms with E-state index in [4.69, 9.17) is 9.15 Å². The lowest BCUT2D eigenvalue weighted by atomic mass is 10.3. The van der Waals surface area contributed by atoms with Crippen LogP contribution in [-0.4, -0.2) is 33.1 Å². The quantitative estimate of drug-likeness (QED) is 0.363. The number of hydrogen-bond donors (Lipinski definition) is 2. The number of non-ortho nitro benzene ring substituents is 1. The zero-order chi connectivity index (χ0) is 23.1. The summed E-state index contributed by atoms with van der Waals surface area (Å²) in [5.41, 5.74) is 0.371. The Morgan fingerprint density at radius 1 is 1.16 bits per heavy atom. The summed E-state index contributed by atoms with van der Waals surface area (Å²) >= 11 is 0. The fourth-order valence-electron chi connectivity index (χ4n) is 2.74. The number of hydrogen-bond acceptors (Lipinski definition) is 7. The van der Waals surface area contributed by atoms with Crippen LogP contribution in [0.3, 0.4) is 0 Å². The molecule has 0 saturated carbocycles. The number of nitrogens with zero attached hydrogens (tertiary/aromatic N) is 3. The summed E-state index contributed by atoms with van der Waals surface area (Å²) in [5.74, 6) is -0.0550. The average molecular weight is 441 g/mol. The molecule has 32 heavy (non-hydrogen) atoms. The molecule has 0 bridgehead atoms. The number of rotatable bonds is 10. The standard InChI is InChI=1S/C21H23N5O6/c1-3-11-22-21(28)19-17(12-25(4-2)24-19)23-20(27)18-10-9-16(32-18)13-31-15-7-5-14(6-8-15)26(29)30/h5-10,12H,3-4,11,13H2,1-2H3,(H,22,28)(H,23,27). The SMILES string of the molecule is CCCNC(=O)c1nn(CC)cc1NC(=O)c1ccc(COc2ccc([N+](=O)[O-])cc2)o1. The number of nitrogens with one attached hydrogen (secondary N) is 2. The predicted molar refractivity (Wildman–Crippen MR) is 115 cm³/mol. The van der Waals surface area contributed by atoms with Gasteiger partial charge in [-0.3, -0.25) is 24.4 Å². The van der Waals surface area contributed by atoms with Crippen molar-refractivity contribution in [2.24, 2.45) is 0 Å². The first-order valence-corrected chi connectivity index (χ1v) is 10.0. The Morgan fingerprint density at radius 2 is 1.91 bits per heavy atom. The molecule has 0 aliphatic carbocycles. The number of anilines is 1. The molecule has 11 heteroatoms. The number of furan rings is 1. The first kappa shape index (κ1) is 22.5. The molecular formula is C21H23N5O6. The van der Waals surface area contributed by atoms with Gasteiger partial charge in [0.15, 0.2) is 11.5 Å². The Bertz CT molecular complexity index is 1100. The van der Waals surface area contributed by atoms with Crippen LogP contribution in [0.5, 0.6) is 5.75 Å². The fraction of sp³-hybridized carbons (Fsp3) is 0.286. The highest BCUT2D eigenvalue weighted by Gasteiger charge is 2.20. The van der Waals surface area contributed by atoms with Crippen molar-refractivity contribution < 1.29 is 23.7 Å². The van der Waals surface area contributed by atoms with Crippen molar-refractivity contribution in [1.82, 2.24) is 15.1 Å². The Kier molecular flexibility index (Phi) is 7.21. The van der Waals surface area contributed by atoms with Crippen LogP contribution in [0, 0.1) is 10.1 Å². The van der Waals surface area contributed by atoms with Crippen LogP contribution in [0.25, 0.3) is 0 Å². The molecule has 2 N–H and O–H groups in total. The lowest BCUT2D eigenvalue weighted by Gasteiger charge is -2.05. The molecule has 11 nitrogen and oxygen atoms in total. The zero-order valence-electron chi connectivity index (χ0n) is 17.7. The maximum absolute atomic E-state index is 12.6. The number of ether oxygens (including phenoxy) is 1. The van der Waals surface area contributed by atoms with Crippen LogP contribution in [0.1, 0.15) is 47.1 Å². The number of benzene rings is 1. The summed E-state index contributed by atoms with van der Waals surface area (Å²) in [4.78, 5) is 35.2. The summed E-state index contributed by atoms with van der Waals surface area (Å²) in [5, 5.41) is 20.3. The van der Waals surface area contributed by atoms with Crippen LogP contribution >= 0.6 is 0 Å². The van der Waals surface area contributed by atoms with Crippen LogP contribution in [-0.2, 0) is 13.2 Å². The van der Waals surface area contributed by atoms with E-state index in [2.05, 4.69) is 15.7 Å². The summed E-state index contributed by atoms with van der Waals surface area (Å²) in [6, 6.07) is 8.70. The topological polar surface area (TPSA) is 142 Å². The van der Waals surface area contributed by atoms with E-state index < -0.39 is 10.8 Å². The summed E-state index contributed by atoms with van der Waals surface area (Å²) in [6.45, 7) is 4.88. The molecule has 0 fully saturated rings. The molecular weight excluding hydrogens is 418 g/mol. The van der Waals surface area contributed by atoms with Gasteiger partial charge < -0.3 is 19.8 Å². The van der Waals surface area contributed by atoms with Crippen molar-refractivity contribution in [3.8, 4) is 5.75 Å². The molecule has 0 unspecified atom stereocenters. The van der Waals surface area contributed by atoms with E-state index in [9.17, 15) is 19.7 Å². The summed E-state index contributed by atoms with van der Waals surface area (Å²) in [7, 11) is 0. The molecule has 2 amide bonds. The molecule has 168 valence electrons. The van der Waals surface area contributed by atoms with Crippen LogP contribution in [0.4, 0.5) is 11.4 Å². The highest BCUT2D eigenvalue weighted by atomic mass is 16.6. The van der Waals surface area contributed by atoms with Crippen molar-refractivity contribution in [3.05, 3.63) is 69.9 Å². The van der Waals surface area contributed by atoms with Crippen molar-refractivity contribution in [1.29, 1.82) is 0 Å². The third-order valence-corrected chi connectivity index (χ3v) is 4.40. The van der Waals surface area contributed by atoms with E-state index in [0.29, 0.717) is 24.6 Å². The van der Waals surface area contributed by atoms with Crippen molar-refractivity contribution in [2.75, 3.05) is 11.9 Å². The maximum atomic E-state index is 12.6. The number of carbonyl (C=O) groups is 2. The second kappa shape index (κ2) is 10.2. The lowest BCUT2D eigenvalue weighted by Crippen LogP contribution is -2.26. The van der Waals surface area contributed by atoms with Gasteiger partial charge in [-0.25, -0.2) is 0 Å². The monoisotopic (exact) mass is 441 g/mol. The summed E-state index contributed by atoms with van der Waals surface area (Å²) in [6.07, 6.45) is 2.36.